The van der Waals surface area contributed by atoms with Crippen molar-refractivity contribution in [1.82, 2.24) is 0 Å². The Bertz CT molecular complexity index is 730. The van der Waals surface area contributed by atoms with Gasteiger partial charge in [-0.05, 0) is 30.4 Å². The summed E-state index contributed by atoms with van der Waals surface area (Å²) in [6.07, 6.45) is 2.46. The third-order valence-electron chi connectivity index (χ3n) is 3.27. The van der Waals surface area contributed by atoms with E-state index in [-0.39, 0.29) is 11.1 Å². The predicted molar refractivity (Wildman–Crippen MR) is 67.0 cm³/mol. The lowest BCUT2D eigenvalue weighted by molar-refractivity contribution is 0.908. The minimum atomic E-state index is 0.0835. The van der Waals surface area contributed by atoms with Gasteiger partial charge in [-0.25, -0.2) is 0 Å². The van der Waals surface area contributed by atoms with Gasteiger partial charge in [0.1, 0.15) is 35.4 Å². The maximum Gasteiger partial charge on any atom is 0.137 e. The summed E-state index contributed by atoms with van der Waals surface area (Å²) in [5.74, 6) is 0. The molecule has 0 N–H and O–H groups in total. The zero-order chi connectivity index (χ0) is 13.8. The van der Waals surface area contributed by atoms with Crippen LogP contribution in [0.5, 0.6) is 0 Å². The monoisotopic (exact) mass is 244 g/mol. The Morgan fingerprint density at radius 3 is 1.42 bits per heavy atom. The number of hydrogen-bond acceptors (Lipinski definition) is 4. The van der Waals surface area contributed by atoms with E-state index < -0.39 is 0 Å². The van der Waals surface area contributed by atoms with Gasteiger partial charge in [0, 0.05) is 10.4 Å². The summed E-state index contributed by atoms with van der Waals surface area (Å²) in [5, 5.41) is 37.1. The van der Waals surface area contributed by atoms with Crippen molar-refractivity contribution in [3.8, 4) is 24.3 Å². The van der Waals surface area contributed by atoms with E-state index in [4.69, 9.17) is 21.0 Å². The van der Waals surface area contributed by atoms with Crippen LogP contribution in [0, 0.1) is 45.3 Å². The molecule has 0 spiro atoms. The Kier molecular flexibility index (Phi) is 3.29. The molecule has 0 aliphatic heterocycles. The van der Waals surface area contributed by atoms with Crippen LogP contribution in [0.3, 0.4) is 0 Å². The third kappa shape index (κ3) is 1.93. The quantitative estimate of drug-likeness (QED) is 0.666. The summed E-state index contributed by atoms with van der Waals surface area (Å²) < 4.78 is 0. The SMILES string of the molecule is N#CC(C#N)=c1ccc(=C(C#N)C#N)c2c1CCC2. The molecule has 0 bridgehead atoms. The van der Waals surface area contributed by atoms with Gasteiger partial charge in [-0.15, -0.1) is 0 Å². The van der Waals surface area contributed by atoms with Gasteiger partial charge >= 0.3 is 0 Å². The lowest BCUT2D eigenvalue weighted by Gasteiger charge is -2.02. The van der Waals surface area contributed by atoms with Crippen LogP contribution in [0.25, 0.3) is 11.1 Å². The minimum Gasteiger partial charge on any atom is -0.192 e. The first-order valence-corrected chi connectivity index (χ1v) is 5.76. The second-order valence-electron chi connectivity index (χ2n) is 4.17. The number of nitrogens with zero attached hydrogens (tertiary/aromatic N) is 4. The molecule has 0 atom stereocenters. The predicted octanol–water partition coefficient (Wildman–Crippen LogP) is 0.571. The standard InChI is InChI=1S/C15H8N4/c16-6-10(7-17)12-4-5-13(11(8-18)9-19)15-3-1-2-14(12)15/h4-5H,1-3H2. The Morgan fingerprint density at radius 2 is 1.11 bits per heavy atom. The van der Waals surface area contributed by atoms with Crippen LogP contribution in [-0.2, 0) is 12.8 Å². The molecule has 4 nitrogen and oxygen atoms in total. The molecule has 0 radical (unpaired) electrons. The van der Waals surface area contributed by atoms with Gasteiger partial charge in [0.15, 0.2) is 0 Å². The van der Waals surface area contributed by atoms with E-state index in [1.54, 1.807) is 12.1 Å². The number of benzene rings is 1. The van der Waals surface area contributed by atoms with E-state index in [0.717, 1.165) is 30.4 Å². The van der Waals surface area contributed by atoms with Crippen LogP contribution in [0.15, 0.2) is 12.1 Å². The zero-order valence-corrected chi connectivity index (χ0v) is 10.1. The summed E-state index contributed by atoms with van der Waals surface area (Å²) in [4.78, 5) is 0. The molecule has 0 saturated heterocycles. The Balaban J connectivity index is 2.99. The van der Waals surface area contributed by atoms with Crippen LogP contribution in [0.2, 0.25) is 0 Å². The fraction of sp³-hybridized carbons (Fsp3) is 0.200. The van der Waals surface area contributed by atoms with Gasteiger partial charge in [0.05, 0.1) is 0 Å². The van der Waals surface area contributed by atoms with Crippen molar-refractivity contribution in [3.63, 3.8) is 0 Å². The molecule has 0 aromatic heterocycles. The van der Waals surface area contributed by atoms with Gasteiger partial charge in [-0.2, -0.15) is 21.0 Å². The number of nitriles is 4. The summed E-state index contributed by atoms with van der Waals surface area (Å²) in [6.45, 7) is 0. The van der Waals surface area contributed by atoms with Crippen molar-refractivity contribution in [2.75, 3.05) is 0 Å². The number of hydrogen-bond donors (Lipinski definition) is 0. The molecule has 88 valence electrons. The first kappa shape index (κ1) is 12.4. The number of fused-ring (bicyclic) bond motifs is 1. The Morgan fingerprint density at radius 1 is 0.737 bits per heavy atom. The molecule has 0 unspecified atom stereocenters. The van der Waals surface area contributed by atoms with E-state index in [2.05, 4.69) is 0 Å². The van der Waals surface area contributed by atoms with E-state index in [1.165, 1.54) is 0 Å². The minimum absolute atomic E-state index is 0.0835. The normalized spacial score (nSPS) is 11.4. The van der Waals surface area contributed by atoms with E-state index in [9.17, 15) is 0 Å². The van der Waals surface area contributed by atoms with Crippen LogP contribution >= 0.6 is 0 Å². The van der Waals surface area contributed by atoms with Gasteiger partial charge in [-0.1, -0.05) is 12.1 Å². The molecule has 0 fully saturated rings. The van der Waals surface area contributed by atoms with Crippen LogP contribution in [-0.4, -0.2) is 0 Å². The molecule has 0 amide bonds. The summed E-state index contributed by atoms with van der Waals surface area (Å²) >= 11 is 0. The van der Waals surface area contributed by atoms with Crippen molar-refractivity contribution < 1.29 is 0 Å². The van der Waals surface area contributed by atoms with Gasteiger partial charge in [0.2, 0.25) is 0 Å². The summed E-state index contributed by atoms with van der Waals surface area (Å²) in [5.41, 5.74) is 2.03. The fourth-order valence-electron chi connectivity index (χ4n) is 2.47. The molecule has 4 heteroatoms. The lowest BCUT2D eigenvalue weighted by Crippen LogP contribution is -2.21. The molecular formula is C15H8N4. The number of rotatable bonds is 0. The lowest BCUT2D eigenvalue weighted by atomic mass is 10.00. The van der Waals surface area contributed by atoms with Gasteiger partial charge < -0.3 is 0 Å². The second kappa shape index (κ2) is 5.05. The molecule has 2 rings (SSSR count). The fourth-order valence-corrected chi connectivity index (χ4v) is 2.47. The molecule has 0 saturated carbocycles. The smallest absolute Gasteiger partial charge is 0.137 e. The van der Waals surface area contributed by atoms with Crippen molar-refractivity contribution in [3.05, 3.63) is 33.7 Å². The highest BCUT2D eigenvalue weighted by molar-refractivity contribution is 5.76. The van der Waals surface area contributed by atoms with Gasteiger partial charge in [0.25, 0.3) is 0 Å². The van der Waals surface area contributed by atoms with Crippen molar-refractivity contribution in [1.29, 1.82) is 21.0 Å². The summed E-state index contributed by atoms with van der Waals surface area (Å²) in [7, 11) is 0. The van der Waals surface area contributed by atoms with Crippen LogP contribution in [0.1, 0.15) is 17.5 Å². The maximum atomic E-state index is 8.96. The second-order valence-corrected chi connectivity index (χ2v) is 4.17. The molecular weight excluding hydrogens is 236 g/mol. The topological polar surface area (TPSA) is 95.2 Å². The molecule has 0 heterocycles. The first-order chi connectivity index (χ1) is 9.26. The van der Waals surface area contributed by atoms with E-state index in [0.29, 0.717) is 10.4 Å². The Hall–Kier alpha value is -3.08. The maximum absolute atomic E-state index is 8.96. The van der Waals surface area contributed by atoms with Crippen molar-refractivity contribution in [2.24, 2.45) is 0 Å². The first-order valence-electron chi connectivity index (χ1n) is 5.76. The third-order valence-corrected chi connectivity index (χ3v) is 3.27. The van der Waals surface area contributed by atoms with Crippen LogP contribution < -0.4 is 10.4 Å². The average molecular weight is 244 g/mol. The highest BCUT2D eigenvalue weighted by Gasteiger charge is 2.16. The van der Waals surface area contributed by atoms with E-state index in [1.807, 2.05) is 24.3 Å². The van der Waals surface area contributed by atoms with Crippen LogP contribution in [0.4, 0.5) is 0 Å². The molecule has 1 aliphatic rings. The van der Waals surface area contributed by atoms with Crippen molar-refractivity contribution >= 4 is 11.1 Å². The Labute approximate surface area is 110 Å². The largest absolute Gasteiger partial charge is 0.192 e. The highest BCUT2D eigenvalue weighted by atomic mass is 14.3. The average Bonchev–Trinajstić information content (AvgIpc) is 2.92. The molecule has 1 aromatic carbocycles. The molecule has 19 heavy (non-hydrogen) atoms. The van der Waals surface area contributed by atoms with Crippen molar-refractivity contribution in [2.45, 2.75) is 19.3 Å². The van der Waals surface area contributed by atoms with Gasteiger partial charge in [-0.3, -0.25) is 0 Å². The molecule has 1 aromatic rings. The van der Waals surface area contributed by atoms with E-state index >= 15 is 0 Å². The summed E-state index contributed by atoms with van der Waals surface area (Å²) in [6, 6.07) is 10.9. The molecule has 1 aliphatic carbocycles. The highest BCUT2D eigenvalue weighted by Crippen LogP contribution is 2.16. The zero-order valence-electron chi connectivity index (χ0n) is 10.1.